The molecule has 188 valence electrons. The maximum Gasteiger partial charge on any atom is 0.221 e. The first kappa shape index (κ1) is 32.7. The number of rotatable bonds is 19. The van der Waals surface area contributed by atoms with Crippen LogP contribution < -0.4 is 20.0 Å². The Balaban J connectivity index is 0. The summed E-state index contributed by atoms with van der Waals surface area (Å²) in [5.41, 5.74) is 0. The van der Waals surface area contributed by atoms with Crippen LogP contribution in [0, 0.1) is 0 Å². The number of phosphoric acid groups is 1. The van der Waals surface area contributed by atoms with Crippen LogP contribution >= 0.6 is 7.82 Å². The van der Waals surface area contributed by atoms with Crippen molar-refractivity contribution in [2.45, 2.75) is 129 Å². The van der Waals surface area contributed by atoms with Gasteiger partial charge in [0.1, 0.15) is 0 Å². The number of hydrogen-bond donors (Lipinski definition) is 1. The average Bonchev–Trinajstić information content (AvgIpc) is 2.67. The van der Waals surface area contributed by atoms with Crippen LogP contribution in [0.4, 0.5) is 0 Å². The fourth-order valence-corrected chi connectivity index (χ4v) is 3.51. The van der Waals surface area contributed by atoms with Crippen molar-refractivity contribution >= 4 is 13.7 Å². The Labute approximate surface area is 191 Å². The van der Waals surface area contributed by atoms with Crippen molar-refractivity contribution in [3.8, 4) is 0 Å². The molecule has 0 heterocycles. The van der Waals surface area contributed by atoms with Crippen molar-refractivity contribution in [1.29, 1.82) is 0 Å². The van der Waals surface area contributed by atoms with E-state index < -0.39 is 7.82 Å². The lowest BCUT2D eigenvalue weighted by molar-refractivity contribution is -0.432. The second kappa shape index (κ2) is 22.7. The van der Waals surface area contributed by atoms with E-state index in [1.54, 1.807) is 0 Å². The molecule has 1 amide bonds. The monoisotopic (exact) mass is 463 g/mol. The SMILES string of the molecule is CCCCCCCCCCCCCCCCCC(=O)NC(CC)N(C)C.O=P([O-])([O-])[O-]. The molecule has 0 aliphatic carbocycles. The maximum absolute atomic E-state index is 11.9. The molecule has 0 radical (unpaired) electrons. The Morgan fingerprint density at radius 1 is 0.742 bits per heavy atom. The molecule has 0 saturated carbocycles. The topological polar surface area (TPSA) is 119 Å². The molecule has 0 fully saturated rings. The largest absolute Gasteiger partial charge is 0.822 e. The van der Waals surface area contributed by atoms with Gasteiger partial charge in [0.15, 0.2) is 0 Å². The zero-order chi connectivity index (χ0) is 24.0. The zero-order valence-corrected chi connectivity index (χ0v) is 21.4. The summed E-state index contributed by atoms with van der Waals surface area (Å²) in [5, 5.41) is 3.10. The number of nitrogens with one attached hydrogen (secondary N) is 1. The van der Waals surface area contributed by atoms with Crippen LogP contribution in [0.5, 0.6) is 0 Å². The van der Waals surface area contributed by atoms with Crippen molar-refractivity contribution in [3.05, 3.63) is 0 Å². The number of carbonyl (C=O) groups excluding carboxylic acids is 1. The van der Waals surface area contributed by atoms with E-state index in [4.69, 9.17) is 19.2 Å². The lowest BCUT2D eigenvalue weighted by Gasteiger charge is -2.36. The molecule has 31 heavy (non-hydrogen) atoms. The van der Waals surface area contributed by atoms with Crippen molar-refractivity contribution in [2.24, 2.45) is 0 Å². The third kappa shape index (κ3) is 31.8. The summed E-state index contributed by atoms with van der Waals surface area (Å²) in [5.74, 6) is 0.209. The van der Waals surface area contributed by atoms with Gasteiger partial charge in [-0.25, -0.2) is 0 Å². The van der Waals surface area contributed by atoms with Gasteiger partial charge in [0.25, 0.3) is 0 Å². The highest BCUT2D eigenvalue weighted by Gasteiger charge is 2.11. The van der Waals surface area contributed by atoms with Gasteiger partial charge in [-0.1, -0.05) is 104 Å². The molecule has 0 rings (SSSR count). The minimum atomic E-state index is -5.39. The predicted molar refractivity (Wildman–Crippen MR) is 123 cm³/mol. The van der Waals surface area contributed by atoms with Gasteiger partial charge >= 0.3 is 0 Å². The van der Waals surface area contributed by atoms with Crippen LogP contribution in [0.2, 0.25) is 0 Å². The summed E-state index contributed by atoms with van der Waals surface area (Å²) < 4.78 is 8.55. The molecule has 1 N–H and O–H groups in total. The molecule has 0 aromatic carbocycles. The Kier molecular flexibility index (Phi) is 24.0. The average molecular weight is 464 g/mol. The van der Waals surface area contributed by atoms with E-state index in [0.29, 0.717) is 6.42 Å². The highest BCUT2D eigenvalue weighted by Crippen LogP contribution is 2.13. The number of hydrogen-bond acceptors (Lipinski definition) is 6. The van der Waals surface area contributed by atoms with Crippen LogP contribution in [-0.2, 0) is 9.36 Å². The van der Waals surface area contributed by atoms with Gasteiger partial charge in [-0.3, -0.25) is 9.69 Å². The van der Waals surface area contributed by atoms with Crippen molar-refractivity contribution < 1.29 is 24.0 Å². The minimum absolute atomic E-state index is 0.179. The van der Waals surface area contributed by atoms with Gasteiger partial charge in [0.2, 0.25) is 5.91 Å². The zero-order valence-electron chi connectivity index (χ0n) is 20.5. The number of nitrogens with zero attached hydrogens (tertiary/aromatic N) is 1. The van der Waals surface area contributed by atoms with Gasteiger partial charge in [-0.2, -0.15) is 7.82 Å². The van der Waals surface area contributed by atoms with Crippen LogP contribution in [0.3, 0.4) is 0 Å². The van der Waals surface area contributed by atoms with Crippen LogP contribution in [0.15, 0.2) is 0 Å². The molecule has 0 saturated heterocycles. The Bertz CT molecular complexity index is 435. The van der Waals surface area contributed by atoms with Gasteiger partial charge in [-0.05, 0) is 26.9 Å². The van der Waals surface area contributed by atoms with Crippen molar-refractivity contribution in [3.63, 3.8) is 0 Å². The van der Waals surface area contributed by atoms with E-state index in [2.05, 4.69) is 24.1 Å². The van der Waals surface area contributed by atoms with Gasteiger partial charge < -0.3 is 24.6 Å². The van der Waals surface area contributed by atoms with Crippen molar-refractivity contribution in [2.75, 3.05) is 14.1 Å². The molecule has 0 bridgehead atoms. The van der Waals surface area contributed by atoms with E-state index in [1.165, 1.54) is 89.9 Å². The highest BCUT2D eigenvalue weighted by molar-refractivity contribution is 7.40. The number of amides is 1. The van der Waals surface area contributed by atoms with Gasteiger partial charge in [-0.15, -0.1) is 0 Å². The molecule has 0 spiro atoms. The third-order valence-electron chi connectivity index (χ3n) is 5.35. The summed E-state index contributed by atoms with van der Waals surface area (Å²) in [4.78, 5) is 39.6. The molecule has 0 aromatic heterocycles. The fourth-order valence-electron chi connectivity index (χ4n) is 3.51. The number of unbranched alkanes of at least 4 members (excludes halogenated alkanes) is 14. The molecular formula is C23H48N2O5P-3. The summed E-state index contributed by atoms with van der Waals surface area (Å²) in [7, 11) is -1.36. The standard InChI is InChI=1S/C23H48N2O.H3O4P/c1-5-7-8-9-10-11-12-13-14-15-16-17-18-19-20-21-23(26)24-22(6-2)25(3)4;1-5(2,3)4/h22H,5-21H2,1-4H3,(H,24,26);(H3,1,2,3,4)/p-3. The maximum atomic E-state index is 11.9. The lowest BCUT2D eigenvalue weighted by atomic mass is 10.0. The number of carbonyl (C=O) groups is 1. The van der Waals surface area contributed by atoms with Crippen molar-refractivity contribution in [1.82, 2.24) is 10.2 Å². The van der Waals surface area contributed by atoms with Gasteiger partial charge in [0, 0.05) is 6.42 Å². The first-order chi connectivity index (χ1) is 14.6. The summed E-state index contributed by atoms with van der Waals surface area (Å²) in [6.45, 7) is 4.39. The molecule has 1 atom stereocenters. The van der Waals surface area contributed by atoms with E-state index in [9.17, 15) is 4.79 Å². The molecule has 0 aromatic rings. The highest BCUT2D eigenvalue weighted by atomic mass is 31.2. The Morgan fingerprint density at radius 3 is 1.35 bits per heavy atom. The molecule has 8 heteroatoms. The Morgan fingerprint density at radius 2 is 1.06 bits per heavy atom. The molecule has 0 aliphatic heterocycles. The fraction of sp³-hybridized carbons (Fsp3) is 0.957. The third-order valence-corrected chi connectivity index (χ3v) is 5.35. The first-order valence-corrected chi connectivity index (χ1v) is 13.8. The van der Waals surface area contributed by atoms with E-state index in [-0.39, 0.29) is 12.1 Å². The van der Waals surface area contributed by atoms with Gasteiger partial charge in [0.05, 0.1) is 6.17 Å². The lowest BCUT2D eigenvalue weighted by Crippen LogP contribution is -2.44. The summed E-state index contributed by atoms with van der Waals surface area (Å²) in [6.07, 6.45) is 22.3. The first-order valence-electron chi connectivity index (χ1n) is 12.3. The normalized spacial score (nSPS) is 12.4. The minimum Gasteiger partial charge on any atom is -0.822 e. The molecule has 7 nitrogen and oxygen atoms in total. The summed E-state index contributed by atoms with van der Waals surface area (Å²) in [6, 6.07) is 0. The molecule has 0 aliphatic rings. The van der Waals surface area contributed by atoms with E-state index in [1.807, 2.05) is 14.1 Å². The van der Waals surface area contributed by atoms with E-state index >= 15 is 0 Å². The van der Waals surface area contributed by atoms with E-state index in [0.717, 1.165) is 12.8 Å². The van der Waals surface area contributed by atoms with Crippen LogP contribution in [-0.4, -0.2) is 31.1 Å². The quantitative estimate of drug-likeness (QED) is 0.177. The summed E-state index contributed by atoms with van der Waals surface area (Å²) >= 11 is 0. The van der Waals surface area contributed by atoms with Crippen LogP contribution in [0.1, 0.15) is 123 Å². The molecule has 1 unspecified atom stereocenters. The Hall–Kier alpha value is -0.460. The smallest absolute Gasteiger partial charge is 0.221 e. The van der Waals surface area contributed by atoms with Crippen LogP contribution in [0.25, 0.3) is 0 Å². The second-order valence-electron chi connectivity index (χ2n) is 8.60. The predicted octanol–water partition coefficient (Wildman–Crippen LogP) is 3.84. The second-order valence-corrected chi connectivity index (χ2v) is 9.50. The molecular weight excluding hydrogens is 415 g/mol.